The molecule has 0 aliphatic carbocycles. The predicted octanol–water partition coefficient (Wildman–Crippen LogP) is 0.519. The second kappa shape index (κ2) is 3.84. The maximum Gasteiger partial charge on any atom is 0.335 e. The molecule has 0 saturated heterocycles. The molecule has 0 atom stereocenters. The van der Waals surface area contributed by atoms with E-state index in [0.717, 1.165) is 0 Å². The second-order valence-electron chi connectivity index (χ2n) is 3.52. The van der Waals surface area contributed by atoms with Crippen LogP contribution < -0.4 is 4.72 Å². The molecular weight excluding hydrogens is 246 g/mol. The number of H-pyrrole nitrogens is 1. The Bertz CT molecular complexity index is 622. The molecule has 0 spiro atoms. The van der Waals surface area contributed by atoms with Gasteiger partial charge in [-0.2, -0.15) is 10.1 Å². The fraction of sp³-hybridized carbons (Fsp3) is 0.375. The molecule has 2 rings (SSSR count). The van der Waals surface area contributed by atoms with E-state index in [-0.39, 0.29) is 10.9 Å². The summed E-state index contributed by atoms with van der Waals surface area (Å²) in [7, 11) is -3.76. The Balaban J connectivity index is 2.38. The van der Waals surface area contributed by atoms with E-state index < -0.39 is 10.0 Å². The lowest BCUT2D eigenvalue weighted by molar-refractivity contribution is 0.429. The molecule has 2 heterocycles. The average molecular weight is 257 g/mol. The smallest absolute Gasteiger partial charge is 0.314 e. The molecular formula is C8H11N5O3S. The lowest BCUT2D eigenvalue weighted by Crippen LogP contribution is -2.14. The summed E-state index contributed by atoms with van der Waals surface area (Å²) in [6.45, 7) is 4.81. The van der Waals surface area contributed by atoms with Crippen LogP contribution in [0, 0.1) is 20.8 Å². The Morgan fingerprint density at radius 1 is 1.29 bits per heavy atom. The Labute approximate surface area is 97.5 Å². The Kier molecular flexibility index (Phi) is 2.62. The van der Waals surface area contributed by atoms with E-state index in [1.165, 1.54) is 0 Å². The van der Waals surface area contributed by atoms with E-state index >= 15 is 0 Å². The Morgan fingerprint density at radius 3 is 2.47 bits per heavy atom. The van der Waals surface area contributed by atoms with Gasteiger partial charge in [-0.1, -0.05) is 5.16 Å². The highest BCUT2D eigenvalue weighted by Crippen LogP contribution is 2.19. The highest BCUT2D eigenvalue weighted by Gasteiger charge is 2.24. The molecule has 0 unspecified atom stereocenters. The minimum absolute atomic E-state index is 0.0911. The molecule has 0 fully saturated rings. The summed E-state index contributed by atoms with van der Waals surface area (Å²) in [6, 6.07) is -0.164. The van der Waals surface area contributed by atoms with Gasteiger partial charge in [0.25, 0.3) is 10.0 Å². The van der Waals surface area contributed by atoms with Crippen molar-refractivity contribution in [3.63, 3.8) is 0 Å². The van der Waals surface area contributed by atoms with Crippen LogP contribution in [-0.2, 0) is 10.0 Å². The molecule has 0 aromatic carbocycles. The van der Waals surface area contributed by atoms with Crippen molar-refractivity contribution in [2.24, 2.45) is 0 Å². The molecule has 2 aromatic heterocycles. The second-order valence-corrected chi connectivity index (χ2v) is 5.13. The summed E-state index contributed by atoms with van der Waals surface area (Å²) in [4.78, 5) is 3.86. The Hall–Kier alpha value is -1.90. The third-order valence-corrected chi connectivity index (χ3v) is 3.66. The Morgan fingerprint density at radius 2 is 2.00 bits per heavy atom. The summed E-state index contributed by atoms with van der Waals surface area (Å²) in [5.41, 5.74) is 0.831. The number of aromatic amines is 1. The quantitative estimate of drug-likeness (QED) is 0.828. The van der Waals surface area contributed by atoms with Crippen molar-refractivity contribution in [3.8, 4) is 0 Å². The van der Waals surface area contributed by atoms with Crippen molar-refractivity contribution in [1.82, 2.24) is 20.3 Å². The van der Waals surface area contributed by atoms with Crippen molar-refractivity contribution in [1.29, 1.82) is 0 Å². The fourth-order valence-corrected chi connectivity index (χ4v) is 2.74. The predicted molar refractivity (Wildman–Crippen MR) is 57.9 cm³/mol. The number of hydrogen-bond donors (Lipinski definition) is 2. The molecule has 0 aliphatic heterocycles. The van der Waals surface area contributed by atoms with Crippen LogP contribution in [0.5, 0.6) is 0 Å². The first-order chi connectivity index (χ1) is 7.90. The molecule has 2 N–H and O–H groups in total. The van der Waals surface area contributed by atoms with E-state index in [1.54, 1.807) is 20.8 Å². The van der Waals surface area contributed by atoms with Crippen LogP contribution in [-0.4, -0.2) is 28.8 Å². The van der Waals surface area contributed by atoms with Gasteiger partial charge >= 0.3 is 6.01 Å². The molecule has 8 nitrogen and oxygen atoms in total. The average Bonchev–Trinajstić information content (AvgIpc) is 2.73. The van der Waals surface area contributed by atoms with Crippen molar-refractivity contribution in [2.75, 3.05) is 4.72 Å². The molecule has 17 heavy (non-hydrogen) atoms. The highest BCUT2D eigenvalue weighted by atomic mass is 32.2. The summed E-state index contributed by atoms with van der Waals surface area (Å²) in [5.74, 6) is 0.350. The number of aryl methyl sites for hydroxylation is 3. The monoisotopic (exact) mass is 257 g/mol. The number of rotatable bonds is 3. The number of nitrogens with one attached hydrogen (secondary N) is 2. The van der Waals surface area contributed by atoms with Crippen molar-refractivity contribution >= 4 is 16.0 Å². The molecule has 0 amide bonds. The van der Waals surface area contributed by atoms with Gasteiger partial charge in [0, 0.05) is 0 Å². The number of aromatic nitrogens is 4. The summed E-state index contributed by atoms with van der Waals surface area (Å²) in [5, 5.41) is 9.91. The van der Waals surface area contributed by atoms with E-state index in [9.17, 15) is 8.42 Å². The normalized spacial score (nSPS) is 11.7. The first-order valence-corrected chi connectivity index (χ1v) is 6.23. The lowest BCUT2D eigenvalue weighted by Gasteiger charge is -2.03. The van der Waals surface area contributed by atoms with E-state index in [4.69, 9.17) is 4.52 Å². The highest BCUT2D eigenvalue weighted by molar-refractivity contribution is 7.92. The maximum atomic E-state index is 12.0. The molecule has 0 aliphatic rings. The van der Waals surface area contributed by atoms with Gasteiger partial charge in [0.05, 0.1) is 11.4 Å². The minimum atomic E-state index is -3.76. The van der Waals surface area contributed by atoms with Gasteiger partial charge in [0.15, 0.2) is 5.82 Å². The summed E-state index contributed by atoms with van der Waals surface area (Å²) in [6.07, 6.45) is 0. The van der Waals surface area contributed by atoms with Crippen LogP contribution in [0.15, 0.2) is 9.42 Å². The SMILES string of the molecule is Cc1noc(NS(=O)(=O)c2c(C)n[nH]c2C)n1. The zero-order valence-corrected chi connectivity index (χ0v) is 10.3. The van der Waals surface area contributed by atoms with Crippen LogP contribution in [0.3, 0.4) is 0 Å². The third-order valence-electron chi connectivity index (χ3n) is 2.08. The van der Waals surface area contributed by atoms with Crippen molar-refractivity contribution in [3.05, 3.63) is 17.2 Å². The minimum Gasteiger partial charge on any atom is -0.314 e. The van der Waals surface area contributed by atoms with Crippen molar-refractivity contribution < 1.29 is 12.9 Å². The van der Waals surface area contributed by atoms with Gasteiger partial charge < -0.3 is 4.52 Å². The number of hydrogen-bond acceptors (Lipinski definition) is 6. The topological polar surface area (TPSA) is 114 Å². The van der Waals surface area contributed by atoms with Crippen LogP contribution in [0.25, 0.3) is 0 Å². The number of anilines is 1. The first kappa shape index (κ1) is 11.6. The first-order valence-electron chi connectivity index (χ1n) is 4.75. The standard InChI is InChI=1S/C8H11N5O3S/c1-4-7(5(2)11-10-4)17(14,15)13-8-9-6(3)12-16-8/h1-3H3,(H,10,11)(H,9,12,13). The third kappa shape index (κ3) is 2.13. The number of nitrogens with zero attached hydrogens (tertiary/aromatic N) is 3. The zero-order chi connectivity index (χ0) is 12.6. The van der Waals surface area contributed by atoms with Crippen LogP contribution >= 0.6 is 0 Å². The van der Waals surface area contributed by atoms with Gasteiger partial charge in [-0.3, -0.25) is 5.10 Å². The van der Waals surface area contributed by atoms with E-state index in [0.29, 0.717) is 17.2 Å². The largest absolute Gasteiger partial charge is 0.335 e. The fourth-order valence-electron chi connectivity index (χ4n) is 1.44. The molecule has 2 aromatic rings. The van der Waals surface area contributed by atoms with E-state index in [2.05, 4.69) is 25.1 Å². The summed E-state index contributed by atoms with van der Waals surface area (Å²) >= 11 is 0. The van der Waals surface area contributed by atoms with Crippen LogP contribution in [0.2, 0.25) is 0 Å². The lowest BCUT2D eigenvalue weighted by atomic mass is 10.4. The molecule has 92 valence electrons. The molecule has 0 radical (unpaired) electrons. The van der Waals surface area contributed by atoms with E-state index in [1.807, 2.05) is 0 Å². The van der Waals surface area contributed by atoms with Gasteiger partial charge in [-0.15, -0.1) is 0 Å². The van der Waals surface area contributed by atoms with Gasteiger partial charge in [-0.05, 0) is 20.8 Å². The molecule has 0 saturated carbocycles. The van der Waals surface area contributed by atoms with Crippen LogP contribution in [0.1, 0.15) is 17.2 Å². The molecule has 9 heteroatoms. The van der Waals surface area contributed by atoms with Gasteiger partial charge in [0.1, 0.15) is 4.90 Å². The van der Waals surface area contributed by atoms with Crippen LogP contribution in [0.4, 0.5) is 6.01 Å². The zero-order valence-electron chi connectivity index (χ0n) is 9.47. The van der Waals surface area contributed by atoms with Crippen molar-refractivity contribution in [2.45, 2.75) is 25.7 Å². The van der Waals surface area contributed by atoms with Gasteiger partial charge in [0.2, 0.25) is 0 Å². The van der Waals surface area contributed by atoms with Gasteiger partial charge in [-0.25, -0.2) is 13.1 Å². The number of sulfonamides is 1. The molecule has 0 bridgehead atoms. The maximum absolute atomic E-state index is 12.0. The summed E-state index contributed by atoms with van der Waals surface area (Å²) < 4.78 is 30.9.